The van der Waals surface area contributed by atoms with E-state index in [0.717, 1.165) is 12.8 Å². The summed E-state index contributed by atoms with van der Waals surface area (Å²) in [7, 11) is -2.02. The first-order chi connectivity index (χ1) is 5.81. The molecular weight excluding hydrogens is 203 g/mol. The Kier molecular flexibility index (Phi) is 15.8. The smallest absolute Gasteiger partial charge is 1.00 e. The zero-order valence-corrected chi connectivity index (χ0v) is 10.3. The maximum Gasteiger partial charge on any atom is 2.00 e. The van der Waals surface area contributed by atoms with E-state index in [1.54, 1.807) is 0 Å². The Hall–Kier alpha value is 0.706. The molecule has 13 heavy (non-hydrogen) atoms. The number of hydrogen-bond donors (Lipinski definition) is 2. The van der Waals surface area contributed by atoms with E-state index in [9.17, 15) is 4.57 Å². The zero-order valence-electron chi connectivity index (χ0n) is 9.99. The van der Waals surface area contributed by atoms with Gasteiger partial charge in [-0.25, -0.2) is 0 Å². The Morgan fingerprint density at radius 3 is 2.85 bits per heavy atom. The molecule has 3 N–H and O–H groups in total. The van der Waals surface area contributed by atoms with Crippen LogP contribution in [-0.2, 0) is 13.7 Å². The minimum absolute atomic E-state index is 0. The number of nitrogens with one attached hydrogen (secondary N) is 1. The number of hydrogen-bond acceptors (Lipinski definition) is 5. The third-order valence-corrected chi connectivity index (χ3v) is 1.75. The monoisotopic (exact) mass is 221 g/mol. The van der Waals surface area contributed by atoms with Crippen LogP contribution in [0.1, 0.15) is 22.6 Å². The van der Waals surface area contributed by atoms with Gasteiger partial charge in [0.15, 0.2) is 0 Å². The Labute approximate surface area is 98.8 Å². The predicted molar refractivity (Wildman–Crippen MR) is 54.6 cm³/mol. The minimum atomic E-state index is -2.02. The molecule has 0 spiro atoms. The second kappa shape index (κ2) is 12.7. The molecule has 76 valence electrons. The number of unbranched alkanes of at least 4 members (excludes halogenated alkanes) is 1. The molecule has 5 nitrogen and oxygen atoms in total. The first kappa shape index (κ1) is 16.1. The van der Waals surface area contributed by atoms with Gasteiger partial charge in [0.2, 0.25) is 0 Å². The minimum Gasteiger partial charge on any atom is -1.00 e. The third-order valence-electron chi connectivity index (χ3n) is 1.08. The van der Waals surface area contributed by atoms with Crippen LogP contribution in [-0.4, -0.2) is 42.7 Å². The molecule has 0 aliphatic carbocycles. The SMILES string of the molecule is CCCCO[P+](=O)ONCCN.[H-].[H-].[Mg+2]. The molecule has 0 rings (SSSR count). The molecule has 0 aromatic rings. The van der Waals surface area contributed by atoms with Crippen molar-refractivity contribution in [2.24, 2.45) is 5.73 Å². The summed E-state index contributed by atoms with van der Waals surface area (Å²) in [6.07, 6.45) is 1.90. The Morgan fingerprint density at radius 2 is 2.31 bits per heavy atom. The molecule has 0 fully saturated rings. The van der Waals surface area contributed by atoms with Gasteiger partial charge in [0.25, 0.3) is 0 Å². The third kappa shape index (κ3) is 12.7. The van der Waals surface area contributed by atoms with Crippen LogP contribution in [0.15, 0.2) is 0 Å². The zero-order chi connectivity index (χ0) is 9.23. The summed E-state index contributed by atoms with van der Waals surface area (Å²) >= 11 is 0. The number of rotatable bonds is 8. The van der Waals surface area contributed by atoms with E-state index in [1.807, 2.05) is 6.92 Å². The van der Waals surface area contributed by atoms with Crippen molar-refractivity contribution >= 4 is 31.3 Å². The average molecular weight is 222 g/mol. The van der Waals surface area contributed by atoms with Gasteiger partial charge in [-0.3, -0.25) is 0 Å². The summed E-state index contributed by atoms with van der Waals surface area (Å²) in [5, 5.41) is 0. The largest absolute Gasteiger partial charge is 2.00 e. The molecule has 0 saturated carbocycles. The van der Waals surface area contributed by atoms with Crippen LogP contribution >= 0.6 is 8.25 Å². The molecule has 0 aliphatic rings. The summed E-state index contributed by atoms with van der Waals surface area (Å²) in [4.78, 5) is 0. The van der Waals surface area contributed by atoms with E-state index in [1.165, 1.54) is 0 Å². The van der Waals surface area contributed by atoms with Crippen LogP contribution in [0, 0.1) is 0 Å². The van der Waals surface area contributed by atoms with Gasteiger partial charge in [-0.05, 0) is 11.0 Å². The molecule has 0 bridgehead atoms. The summed E-state index contributed by atoms with van der Waals surface area (Å²) in [5.74, 6) is 0. The van der Waals surface area contributed by atoms with Gasteiger partial charge < -0.3 is 8.59 Å². The quantitative estimate of drug-likeness (QED) is 0.274. The fourth-order valence-corrected chi connectivity index (χ4v) is 0.995. The predicted octanol–water partition coefficient (Wildman–Crippen LogP) is 0.785. The van der Waals surface area contributed by atoms with E-state index in [4.69, 9.17) is 10.3 Å². The van der Waals surface area contributed by atoms with Gasteiger partial charge in [0.1, 0.15) is 6.61 Å². The Balaban J connectivity index is -0.000000202. The van der Waals surface area contributed by atoms with Crippen molar-refractivity contribution in [1.82, 2.24) is 5.48 Å². The molecule has 0 amide bonds. The van der Waals surface area contributed by atoms with E-state index < -0.39 is 8.25 Å². The maximum absolute atomic E-state index is 10.8. The van der Waals surface area contributed by atoms with Gasteiger partial charge in [0.05, 0.1) is 0 Å². The molecule has 0 aliphatic heterocycles. The van der Waals surface area contributed by atoms with Crippen LogP contribution in [0.25, 0.3) is 0 Å². The van der Waals surface area contributed by atoms with E-state index in [2.05, 4.69) is 10.1 Å². The first-order valence-electron chi connectivity index (χ1n) is 4.01. The summed E-state index contributed by atoms with van der Waals surface area (Å²) < 4.78 is 20.2. The standard InChI is InChI=1S/C6H16N2O3P.Mg.2H/c1-2-3-6-10-12(9)11-8-5-4-7;;;/h8H,2-7H2,1H3;;;/q+1;+2;2*-1. The van der Waals surface area contributed by atoms with Crippen LogP contribution in [0.5, 0.6) is 0 Å². The van der Waals surface area contributed by atoms with Crippen molar-refractivity contribution < 1.29 is 16.6 Å². The van der Waals surface area contributed by atoms with Gasteiger partial charge in [0, 0.05) is 17.7 Å². The Bertz CT molecular complexity index is 125. The van der Waals surface area contributed by atoms with Gasteiger partial charge in [-0.1, -0.05) is 13.3 Å². The number of nitrogens with two attached hydrogens (primary N) is 1. The molecule has 1 atom stereocenters. The van der Waals surface area contributed by atoms with Crippen LogP contribution in [0.3, 0.4) is 0 Å². The number of hydroxylamine groups is 1. The van der Waals surface area contributed by atoms with Gasteiger partial charge >= 0.3 is 31.3 Å². The molecule has 1 unspecified atom stereocenters. The maximum atomic E-state index is 10.8. The van der Waals surface area contributed by atoms with E-state index in [0.29, 0.717) is 19.7 Å². The van der Waals surface area contributed by atoms with Crippen molar-refractivity contribution in [3.63, 3.8) is 0 Å². The molecule has 0 radical (unpaired) electrons. The van der Waals surface area contributed by atoms with Crippen LogP contribution in [0.2, 0.25) is 0 Å². The summed E-state index contributed by atoms with van der Waals surface area (Å²) in [6, 6.07) is 0. The Morgan fingerprint density at radius 1 is 1.62 bits per heavy atom. The topological polar surface area (TPSA) is 73.6 Å². The van der Waals surface area contributed by atoms with Crippen LogP contribution in [0.4, 0.5) is 0 Å². The normalized spacial score (nSPS) is 10.8. The summed E-state index contributed by atoms with van der Waals surface area (Å²) in [5.41, 5.74) is 7.59. The van der Waals surface area contributed by atoms with Crippen molar-refractivity contribution in [2.45, 2.75) is 19.8 Å². The van der Waals surface area contributed by atoms with Crippen molar-refractivity contribution in [3.05, 3.63) is 0 Å². The fraction of sp³-hybridized carbons (Fsp3) is 1.00. The van der Waals surface area contributed by atoms with Crippen molar-refractivity contribution in [2.75, 3.05) is 19.7 Å². The molecule has 0 aromatic heterocycles. The second-order valence-electron chi connectivity index (χ2n) is 2.18. The second-order valence-corrected chi connectivity index (χ2v) is 3.07. The molecule has 0 heterocycles. The van der Waals surface area contributed by atoms with Gasteiger partial charge in [-0.2, -0.15) is 0 Å². The van der Waals surface area contributed by atoms with E-state index >= 15 is 0 Å². The van der Waals surface area contributed by atoms with E-state index in [-0.39, 0.29) is 25.9 Å². The molecule has 0 aromatic carbocycles. The van der Waals surface area contributed by atoms with Crippen LogP contribution < -0.4 is 11.2 Å². The first-order valence-corrected chi connectivity index (χ1v) is 5.10. The molecule has 0 saturated heterocycles. The van der Waals surface area contributed by atoms with Crippen molar-refractivity contribution in [3.8, 4) is 0 Å². The fourth-order valence-electron chi connectivity index (χ4n) is 0.467. The molecule has 7 heteroatoms. The summed E-state index contributed by atoms with van der Waals surface area (Å²) in [6.45, 7) is 3.41. The van der Waals surface area contributed by atoms with Crippen molar-refractivity contribution in [1.29, 1.82) is 0 Å². The molecular formula is C6H18MgN2O3P+. The average Bonchev–Trinajstić information content (AvgIpc) is 2.06. The van der Waals surface area contributed by atoms with Gasteiger partial charge in [-0.15, -0.1) is 10.0 Å².